The third kappa shape index (κ3) is 5.74. The van der Waals surface area contributed by atoms with E-state index in [1.807, 2.05) is 26.0 Å². The van der Waals surface area contributed by atoms with Crippen molar-refractivity contribution in [3.05, 3.63) is 23.5 Å². The minimum absolute atomic E-state index is 0.139. The largest absolute Gasteiger partial charge is 0.489 e. The number of amides is 1. The highest BCUT2D eigenvalue weighted by Gasteiger charge is 2.29. The Hall–Kier alpha value is -3.17. The van der Waals surface area contributed by atoms with Crippen LogP contribution < -0.4 is 4.74 Å². The molecule has 3 unspecified atom stereocenters. The van der Waals surface area contributed by atoms with E-state index in [9.17, 15) is 14.7 Å². The van der Waals surface area contributed by atoms with Crippen LogP contribution in [0.1, 0.15) is 69.4 Å². The first-order chi connectivity index (χ1) is 16.7. The van der Waals surface area contributed by atoms with Crippen LogP contribution in [0.5, 0.6) is 5.75 Å². The maximum Gasteiger partial charge on any atom is 0.410 e. The van der Waals surface area contributed by atoms with Gasteiger partial charge >= 0.3 is 12.1 Å². The fourth-order valence-electron chi connectivity index (χ4n) is 4.90. The SMILES string of the molecule is Cc1nc(-c2nnn(C)c2C(C)OC(=O)N(C)CC2CCC2)ccc1OC1CCCC(C(=O)O)C1. The van der Waals surface area contributed by atoms with Crippen LogP contribution in [0.2, 0.25) is 0 Å². The van der Waals surface area contributed by atoms with Crippen molar-refractivity contribution in [3.8, 4) is 17.1 Å². The second-order valence-electron chi connectivity index (χ2n) is 9.87. The number of carboxylic acid groups (broad SMARTS) is 1. The Morgan fingerprint density at radius 2 is 1.97 bits per heavy atom. The standard InChI is InChI=1S/C25H35N5O5/c1-15-21(35-19-10-6-9-18(13-19)24(31)32)12-11-20(26-15)22-23(30(4)28-27-22)16(2)34-25(33)29(3)14-17-7-5-8-17/h11-12,16-19H,5-10,13-14H2,1-4H3,(H,31,32). The summed E-state index contributed by atoms with van der Waals surface area (Å²) in [5, 5.41) is 17.8. The number of ether oxygens (including phenoxy) is 2. The number of aryl methyl sites for hydroxylation is 2. The van der Waals surface area contributed by atoms with Crippen LogP contribution in [0.4, 0.5) is 4.79 Å². The molecule has 0 bridgehead atoms. The summed E-state index contributed by atoms with van der Waals surface area (Å²) in [6, 6.07) is 3.65. The van der Waals surface area contributed by atoms with E-state index in [-0.39, 0.29) is 18.1 Å². The van der Waals surface area contributed by atoms with Crippen LogP contribution in [0, 0.1) is 18.8 Å². The zero-order chi connectivity index (χ0) is 25.1. The van der Waals surface area contributed by atoms with Gasteiger partial charge < -0.3 is 19.5 Å². The van der Waals surface area contributed by atoms with E-state index in [4.69, 9.17) is 9.47 Å². The van der Waals surface area contributed by atoms with Crippen LogP contribution >= 0.6 is 0 Å². The lowest BCUT2D eigenvalue weighted by molar-refractivity contribution is -0.143. The summed E-state index contributed by atoms with van der Waals surface area (Å²) in [7, 11) is 3.53. The van der Waals surface area contributed by atoms with E-state index in [1.54, 1.807) is 23.7 Å². The number of aromatic nitrogens is 4. The molecular weight excluding hydrogens is 450 g/mol. The minimum atomic E-state index is -0.761. The van der Waals surface area contributed by atoms with Gasteiger partial charge in [-0.2, -0.15) is 0 Å². The van der Waals surface area contributed by atoms with Crippen molar-refractivity contribution in [1.82, 2.24) is 24.9 Å². The van der Waals surface area contributed by atoms with E-state index >= 15 is 0 Å². The molecule has 3 atom stereocenters. The van der Waals surface area contributed by atoms with Crippen molar-refractivity contribution in [1.29, 1.82) is 0 Å². The summed E-state index contributed by atoms with van der Waals surface area (Å²) in [5.41, 5.74) is 2.50. The summed E-state index contributed by atoms with van der Waals surface area (Å²) in [5.74, 6) is 0.0729. The fraction of sp³-hybridized carbons (Fsp3) is 0.640. The van der Waals surface area contributed by atoms with Crippen LogP contribution in [-0.2, 0) is 16.6 Å². The molecule has 2 aliphatic rings. The second kappa shape index (κ2) is 10.6. The van der Waals surface area contributed by atoms with Crippen molar-refractivity contribution in [2.75, 3.05) is 13.6 Å². The zero-order valence-corrected chi connectivity index (χ0v) is 20.9. The van der Waals surface area contributed by atoms with Gasteiger partial charge in [-0.1, -0.05) is 11.6 Å². The molecule has 2 aromatic rings. The number of carbonyl (C=O) groups is 2. The van der Waals surface area contributed by atoms with E-state index in [2.05, 4.69) is 15.3 Å². The lowest BCUT2D eigenvalue weighted by Crippen LogP contribution is -2.35. The van der Waals surface area contributed by atoms with E-state index in [0.29, 0.717) is 53.8 Å². The van der Waals surface area contributed by atoms with Gasteiger partial charge in [0.15, 0.2) is 0 Å². The Bertz CT molecular complexity index is 1070. The summed E-state index contributed by atoms with van der Waals surface area (Å²) in [6.07, 6.45) is 5.35. The molecule has 2 saturated carbocycles. The molecule has 0 aromatic carbocycles. The van der Waals surface area contributed by atoms with Crippen molar-refractivity contribution >= 4 is 12.1 Å². The molecule has 0 radical (unpaired) electrons. The summed E-state index contributed by atoms with van der Waals surface area (Å²) in [6.45, 7) is 4.37. The van der Waals surface area contributed by atoms with Gasteiger partial charge in [0.1, 0.15) is 23.2 Å². The number of aliphatic carboxylic acids is 1. The fourth-order valence-corrected chi connectivity index (χ4v) is 4.90. The average molecular weight is 486 g/mol. The second-order valence-corrected chi connectivity index (χ2v) is 9.87. The highest BCUT2D eigenvalue weighted by Crippen LogP contribution is 2.32. The number of hydrogen-bond donors (Lipinski definition) is 1. The first kappa shape index (κ1) is 24.9. The average Bonchev–Trinajstić information content (AvgIpc) is 3.19. The lowest BCUT2D eigenvalue weighted by Gasteiger charge is -2.30. The molecule has 0 saturated heterocycles. The van der Waals surface area contributed by atoms with Gasteiger partial charge in [0, 0.05) is 20.6 Å². The van der Waals surface area contributed by atoms with Gasteiger partial charge in [-0.3, -0.25) is 4.79 Å². The van der Waals surface area contributed by atoms with Gasteiger partial charge in [-0.25, -0.2) is 14.5 Å². The molecule has 2 fully saturated rings. The summed E-state index contributed by atoms with van der Waals surface area (Å²) in [4.78, 5) is 30.3. The maximum atomic E-state index is 12.6. The van der Waals surface area contributed by atoms with Crippen molar-refractivity contribution in [2.24, 2.45) is 18.9 Å². The third-order valence-electron chi connectivity index (χ3n) is 7.15. The molecule has 1 amide bonds. The van der Waals surface area contributed by atoms with Crippen molar-refractivity contribution < 1.29 is 24.2 Å². The first-order valence-electron chi connectivity index (χ1n) is 12.4. The van der Waals surface area contributed by atoms with Crippen LogP contribution in [-0.4, -0.2) is 61.7 Å². The molecule has 2 aromatic heterocycles. The number of rotatable bonds is 8. The molecule has 4 rings (SSSR count). The van der Waals surface area contributed by atoms with Crippen LogP contribution in [0.15, 0.2) is 12.1 Å². The minimum Gasteiger partial charge on any atom is -0.489 e. The predicted octanol–water partition coefficient (Wildman–Crippen LogP) is 4.14. The highest BCUT2D eigenvalue weighted by molar-refractivity contribution is 5.70. The Kier molecular flexibility index (Phi) is 7.57. The number of carboxylic acids is 1. The van der Waals surface area contributed by atoms with Gasteiger partial charge in [-0.05, 0) is 70.4 Å². The quantitative estimate of drug-likeness (QED) is 0.592. The van der Waals surface area contributed by atoms with Crippen molar-refractivity contribution in [2.45, 2.75) is 71.0 Å². The van der Waals surface area contributed by atoms with Crippen LogP contribution in [0.3, 0.4) is 0 Å². The van der Waals surface area contributed by atoms with E-state index < -0.39 is 12.1 Å². The molecular formula is C25H35N5O5. The molecule has 1 N–H and O–H groups in total. The predicted molar refractivity (Wildman–Crippen MR) is 128 cm³/mol. The van der Waals surface area contributed by atoms with Crippen LogP contribution in [0.25, 0.3) is 11.4 Å². The Labute approximate surface area is 205 Å². The highest BCUT2D eigenvalue weighted by atomic mass is 16.6. The van der Waals surface area contributed by atoms with Gasteiger partial charge in [0.25, 0.3) is 0 Å². The lowest BCUT2D eigenvalue weighted by atomic mass is 9.85. The third-order valence-corrected chi connectivity index (χ3v) is 7.15. The summed E-state index contributed by atoms with van der Waals surface area (Å²) >= 11 is 0. The van der Waals surface area contributed by atoms with Crippen molar-refractivity contribution in [3.63, 3.8) is 0 Å². The molecule has 2 aliphatic carbocycles. The molecule has 0 aliphatic heterocycles. The zero-order valence-electron chi connectivity index (χ0n) is 20.9. The Morgan fingerprint density at radius 1 is 1.23 bits per heavy atom. The Balaban J connectivity index is 1.45. The van der Waals surface area contributed by atoms with E-state index in [1.165, 1.54) is 6.42 Å². The number of nitrogens with zero attached hydrogens (tertiary/aromatic N) is 5. The first-order valence-corrected chi connectivity index (χ1v) is 12.4. The summed E-state index contributed by atoms with van der Waals surface area (Å²) < 4.78 is 13.5. The topological polar surface area (TPSA) is 120 Å². The van der Waals surface area contributed by atoms with Gasteiger partial charge in [0.2, 0.25) is 0 Å². The normalized spacial score (nSPS) is 21.1. The van der Waals surface area contributed by atoms with Gasteiger partial charge in [-0.15, -0.1) is 5.10 Å². The monoisotopic (exact) mass is 485 g/mol. The van der Waals surface area contributed by atoms with E-state index in [0.717, 1.165) is 25.7 Å². The molecule has 190 valence electrons. The molecule has 10 nitrogen and oxygen atoms in total. The maximum absolute atomic E-state index is 12.6. The molecule has 0 spiro atoms. The number of carbonyl (C=O) groups excluding carboxylic acids is 1. The molecule has 10 heteroatoms. The smallest absolute Gasteiger partial charge is 0.410 e. The molecule has 35 heavy (non-hydrogen) atoms. The number of hydrogen-bond acceptors (Lipinski definition) is 7. The number of pyridine rings is 1. The molecule has 2 heterocycles. The van der Waals surface area contributed by atoms with Gasteiger partial charge in [0.05, 0.1) is 23.4 Å². The Morgan fingerprint density at radius 3 is 2.63 bits per heavy atom.